The Morgan fingerprint density at radius 2 is 2.38 bits per heavy atom. The van der Waals surface area contributed by atoms with E-state index >= 15 is 0 Å². The third-order valence-electron chi connectivity index (χ3n) is 3.89. The number of allylic oxidation sites excluding steroid dienone is 2. The molecular formula is C12H15NO3. The lowest BCUT2D eigenvalue weighted by Gasteiger charge is -2.31. The van der Waals surface area contributed by atoms with Crippen LogP contribution in [0.3, 0.4) is 0 Å². The van der Waals surface area contributed by atoms with Crippen LogP contribution in [0.15, 0.2) is 24.3 Å². The molecule has 1 saturated carbocycles. The number of carbonyl (C=O) groups is 1. The fraction of sp³-hybridized carbons (Fsp3) is 0.583. The number of amides is 1. The summed E-state index contributed by atoms with van der Waals surface area (Å²) in [5.74, 6) is 0.248. The van der Waals surface area contributed by atoms with Crippen LogP contribution < -0.4 is 0 Å². The molecule has 4 nitrogen and oxygen atoms in total. The van der Waals surface area contributed by atoms with Gasteiger partial charge in [0.25, 0.3) is 0 Å². The molecule has 4 heteroatoms. The molecule has 2 saturated heterocycles. The van der Waals surface area contributed by atoms with E-state index in [2.05, 4.69) is 6.58 Å². The van der Waals surface area contributed by atoms with Gasteiger partial charge in [-0.25, -0.2) is 4.79 Å². The number of aliphatic hydroxyl groups is 1. The molecule has 3 aliphatic rings. The number of ether oxygens (including phenoxy) is 1. The van der Waals surface area contributed by atoms with Crippen molar-refractivity contribution in [2.45, 2.75) is 31.1 Å². The van der Waals surface area contributed by atoms with Gasteiger partial charge in [0.2, 0.25) is 0 Å². The maximum atomic E-state index is 11.6. The molecule has 1 amide bonds. The van der Waals surface area contributed by atoms with Gasteiger partial charge in [0.1, 0.15) is 6.10 Å². The van der Waals surface area contributed by atoms with Gasteiger partial charge in [0.05, 0.1) is 6.04 Å². The number of aliphatic hydroxyl groups excluding tert-OH is 1. The van der Waals surface area contributed by atoms with E-state index in [1.54, 1.807) is 11.0 Å². The summed E-state index contributed by atoms with van der Waals surface area (Å²) in [4.78, 5) is 13.3. The first-order chi connectivity index (χ1) is 7.74. The van der Waals surface area contributed by atoms with Gasteiger partial charge >= 0.3 is 6.09 Å². The van der Waals surface area contributed by atoms with Crippen molar-refractivity contribution in [3.8, 4) is 0 Å². The Labute approximate surface area is 94.2 Å². The Balaban J connectivity index is 2.00. The Bertz CT molecular complexity index is 376. The second-order valence-electron chi connectivity index (χ2n) is 4.63. The molecule has 3 fully saturated rings. The smallest absolute Gasteiger partial charge is 0.410 e. The van der Waals surface area contributed by atoms with Gasteiger partial charge in [-0.05, 0) is 18.4 Å². The van der Waals surface area contributed by atoms with Crippen LogP contribution in [-0.4, -0.2) is 40.9 Å². The molecule has 2 aliphatic heterocycles. The van der Waals surface area contributed by atoms with Crippen molar-refractivity contribution in [3.63, 3.8) is 0 Å². The van der Waals surface area contributed by atoms with Crippen LogP contribution in [0.2, 0.25) is 0 Å². The summed E-state index contributed by atoms with van der Waals surface area (Å²) in [6.45, 7) is 4.42. The van der Waals surface area contributed by atoms with Crippen molar-refractivity contribution in [1.29, 1.82) is 0 Å². The zero-order valence-corrected chi connectivity index (χ0v) is 9.00. The molecule has 0 radical (unpaired) electrons. The van der Waals surface area contributed by atoms with Crippen LogP contribution in [0.1, 0.15) is 12.8 Å². The van der Waals surface area contributed by atoms with Crippen molar-refractivity contribution in [3.05, 3.63) is 24.3 Å². The van der Waals surface area contributed by atoms with E-state index in [0.29, 0.717) is 0 Å². The highest BCUT2D eigenvalue weighted by Crippen LogP contribution is 2.46. The average Bonchev–Trinajstić information content (AvgIpc) is 2.75. The largest absolute Gasteiger partial charge is 0.441 e. The summed E-state index contributed by atoms with van der Waals surface area (Å²) in [5.41, 5.74) is 0.974. The topological polar surface area (TPSA) is 49.8 Å². The van der Waals surface area contributed by atoms with Crippen molar-refractivity contribution in [2.75, 3.05) is 6.54 Å². The molecule has 0 aromatic carbocycles. The summed E-state index contributed by atoms with van der Waals surface area (Å²) in [6.07, 6.45) is 4.26. The minimum Gasteiger partial charge on any atom is -0.441 e. The molecule has 1 N–H and O–H groups in total. The van der Waals surface area contributed by atoms with Crippen molar-refractivity contribution in [1.82, 2.24) is 4.90 Å². The maximum Gasteiger partial charge on any atom is 0.410 e. The minimum absolute atomic E-state index is 0.0439. The quantitative estimate of drug-likeness (QED) is 0.720. The molecule has 0 aromatic rings. The Kier molecular flexibility index (Phi) is 2.07. The first-order valence-electron chi connectivity index (χ1n) is 5.72. The van der Waals surface area contributed by atoms with Gasteiger partial charge in [-0.2, -0.15) is 0 Å². The number of hydrogen-bond acceptors (Lipinski definition) is 3. The summed E-state index contributed by atoms with van der Waals surface area (Å²) in [7, 11) is 0. The van der Waals surface area contributed by atoms with Gasteiger partial charge in [0.15, 0.2) is 6.10 Å². The normalized spacial score (nSPS) is 43.4. The zero-order chi connectivity index (χ0) is 11.3. The van der Waals surface area contributed by atoms with Gasteiger partial charge < -0.3 is 14.7 Å². The van der Waals surface area contributed by atoms with E-state index in [9.17, 15) is 9.90 Å². The Hall–Kier alpha value is -1.29. The average molecular weight is 221 g/mol. The number of hydrogen-bond donors (Lipinski definition) is 1. The van der Waals surface area contributed by atoms with Crippen LogP contribution in [0.5, 0.6) is 0 Å². The highest BCUT2D eigenvalue weighted by Gasteiger charge is 2.57. The van der Waals surface area contributed by atoms with E-state index in [-0.39, 0.29) is 24.2 Å². The van der Waals surface area contributed by atoms with E-state index in [1.165, 1.54) is 0 Å². The standard InChI is InChI=1S/C12H15NO3/c1-2-4-8-7-5-3-6-13-9(7)11(10(8)14)16-12(13)15/h2,4,7,9-11,14H,1,3,5-6H2/b8-4-/t7-,9-,10-,11-/m0/s1. The molecule has 2 heterocycles. The van der Waals surface area contributed by atoms with E-state index in [4.69, 9.17) is 4.74 Å². The van der Waals surface area contributed by atoms with Crippen LogP contribution >= 0.6 is 0 Å². The van der Waals surface area contributed by atoms with Crippen molar-refractivity contribution < 1.29 is 14.6 Å². The lowest BCUT2D eigenvalue weighted by atomic mass is 9.89. The summed E-state index contributed by atoms with van der Waals surface area (Å²) >= 11 is 0. The molecule has 1 aliphatic carbocycles. The van der Waals surface area contributed by atoms with Gasteiger partial charge in [-0.1, -0.05) is 18.7 Å². The second-order valence-corrected chi connectivity index (χ2v) is 4.63. The minimum atomic E-state index is -0.653. The van der Waals surface area contributed by atoms with Crippen LogP contribution in [0.25, 0.3) is 0 Å². The molecule has 0 spiro atoms. The van der Waals surface area contributed by atoms with Gasteiger partial charge in [-0.15, -0.1) is 0 Å². The van der Waals surface area contributed by atoms with Gasteiger partial charge in [0, 0.05) is 12.5 Å². The van der Waals surface area contributed by atoms with Crippen molar-refractivity contribution >= 4 is 6.09 Å². The molecule has 3 rings (SSSR count). The maximum absolute atomic E-state index is 11.6. The summed E-state index contributed by atoms with van der Waals surface area (Å²) < 4.78 is 5.25. The highest BCUT2D eigenvalue weighted by atomic mass is 16.6. The molecule has 0 aromatic heterocycles. The molecule has 16 heavy (non-hydrogen) atoms. The molecule has 0 bridgehead atoms. The Morgan fingerprint density at radius 3 is 3.12 bits per heavy atom. The van der Waals surface area contributed by atoms with Crippen molar-refractivity contribution in [2.24, 2.45) is 5.92 Å². The van der Waals surface area contributed by atoms with E-state index in [1.807, 2.05) is 6.08 Å². The lowest BCUT2D eigenvalue weighted by Crippen LogP contribution is -2.43. The fourth-order valence-electron chi connectivity index (χ4n) is 3.27. The molecule has 86 valence electrons. The van der Waals surface area contributed by atoms with Crippen LogP contribution in [-0.2, 0) is 4.74 Å². The summed E-state index contributed by atoms with van der Waals surface area (Å²) in [6, 6.07) is 0.0439. The second kappa shape index (κ2) is 3.35. The number of carbonyl (C=O) groups excluding carboxylic acids is 1. The third kappa shape index (κ3) is 1.11. The first kappa shape index (κ1) is 9.90. The number of piperidine rings is 1. The van der Waals surface area contributed by atoms with Crippen LogP contribution in [0, 0.1) is 5.92 Å². The predicted octanol–water partition coefficient (Wildman–Crippen LogP) is 1.07. The zero-order valence-electron chi connectivity index (χ0n) is 9.00. The number of rotatable bonds is 1. The molecular weight excluding hydrogens is 206 g/mol. The predicted molar refractivity (Wildman–Crippen MR) is 57.8 cm³/mol. The van der Waals surface area contributed by atoms with E-state index < -0.39 is 6.10 Å². The fourth-order valence-corrected chi connectivity index (χ4v) is 3.27. The monoisotopic (exact) mass is 221 g/mol. The molecule has 4 atom stereocenters. The van der Waals surface area contributed by atoms with Gasteiger partial charge in [-0.3, -0.25) is 0 Å². The third-order valence-corrected chi connectivity index (χ3v) is 3.89. The lowest BCUT2D eigenvalue weighted by molar-refractivity contribution is 0.0574. The Morgan fingerprint density at radius 1 is 1.56 bits per heavy atom. The van der Waals surface area contributed by atoms with Crippen LogP contribution in [0.4, 0.5) is 4.79 Å². The summed E-state index contributed by atoms with van der Waals surface area (Å²) in [5, 5.41) is 10.1. The highest BCUT2D eigenvalue weighted by molar-refractivity contribution is 5.72. The number of nitrogens with zero attached hydrogens (tertiary/aromatic N) is 1. The SMILES string of the molecule is C=C/C=C1\[C@H](O)[C@H]2OC(=O)N3CCC[C@@H]1[C@@H]23. The first-order valence-corrected chi connectivity index (χ1v) is 5.72. The van der Waals surface area contributed by atoms with E-state index in [0.717, 1.165) is 25.0 Å². The molecule has 0 unspecified atom stereocenters.